The monoisotopic (exact) mass is 493 g/mol. The summed E-state index contributed by atoms with van der Waals surface area (Å²) in [6.45, 7) is 7.92. The Balaban J connectivity index is 1.48. The lowest BCUT2D eigenvalue weighted by molar-refractivity contribution is 0.0719. The highest BCUT2D eigenvalue weighted by Gasteiger charge is 2.27. The van der Waals surface area contributed by atoms with E-state index in [4.69, 9.17) is 4.74 Å². The zero-order valence-corrected chi connectivity index (χ0v) is 19.9. The van der Waals surface area contributed by atoms with E-state index < -0.39 is 0 Å². The van der Waals surface area contributed by atoms with E-state index in [0.29, 0.717) is 31.9 Å². The fourth-order valence-electron chi connectivity index (χ4n) is 4.21. The fraction of sp³-hybridized carbons (Fsp3) is 0.292. The van der Waals surface area contributed by atoms with Crippen molar-refractivity contribution in [2.45, 2.75) is 33.9 Å². The number of benzene rings is 2. The molecule has 0 bridgehead atoms. The molecular formula is C24H24BrN5O2. The number of carbonyl (C=O) groups excluding carboxylic acids is 1. The minimum atomic E-state index is -0.0458. The van der Waals surface area contributed by atoms with Crippen LogP contribution >= 0.6 is 15.9 Å². The summed E-state index contributed by atoms with van der Waals surface area (Å²) in [6, 6.07) is 12.4. The molecule has 2 aromatic carbocycles. The molecule has 0 atom stereocenters. The van der Waals surface area contributed by atoms with Crippen molar-refractivity contribution in [1.82, 2.24) is 24.6 Å². The van der Waals surface area contributed by atoms with Gasteiger partial charge in [0.2, 0.25) is 0 Å². The van der Waals surface area contributed by atoms with Crippen molar-refractivity contribution in [2.24, 2.45) is 0 Å². The van der Waals surface area contributed by atoms with E-state index in [-0.39, 0.29) is 5.91 Å². The number of hydrogen-bond donors (Lipinski definition) is 1. The molecule has 164 valence electrons. The van der Waals surface area contributed by atoms with Gasteiger partial charge in [-0.2, -0.15) is 5.10 Å². The van der Waals surface area contributed by atoms with E-state index in [9.17, 15) is 4.79 Å². The first kappa shape index (κ1) is 20.8. The van der Waals surface area contributed by atoms with Gasteiger partial charge in [0.15, 0.2) is 0 Å². The highest BCUT2D eigenvalue weighted by Crippen LogP contribution is 2.32. The molecule has 3 heterocycles. The van der Waals surface area contributed by atoms with Crippen LogP contribution in [0.4, 0.5) is 0 Å². The third kappa shape index (κ3) is 3.58. The predicted octanol–water partition coefficient (Wildman–Crippen LogP) is 4.86. The molecule has 1 amide bonds. The van der Waals surface area contributed by atoms with Crippen LogP contribution in [0.2, 0.25) is 0 Å². The lowest BCUT2D eigenvalue weighted by Gasteiger charge is -2.20. The highest BCUT2D eigenvalue weighted by molar-refractivity contribution is 9.10. The Bertz CT molecular complexity index is 1340. The minimum Gasteiger partial charge on any atom is -0.491 e. The number of imidazole rings is 1. The summed E-state index contributed by atoms with van der Waals surface area (Å²) in [5.74, 6) is 1.67. The minimum absolute atomic E-state index is 0.0458. The Morgan fingerprint density at radius 2 is 1.97 bits per heavy atom. The van der Waals surface area contributed by atoms with Crippen LogP contribution in [0.5, 0.6) is 5.75 Å². The number of aromatic amines is 1. The van der Waals surface area contributed by atoms with Crippen molar-refractivity contribution in [2.75, 3.05) is 13.2 Å². The van der Waals surface area contributed by atoms with Crippen LogP contribution in [0.3, 0.4) is 0 Å². The number of nitrogens with one attached hydrogen (secondary N) is 1. The summed E-state index contributed by atoms with van der Waals surface area (Å²) < 4.78 is 8.49. The van der Waals surface area contributed by atoms with Gasteiger partial charge in [-0.3, -0.25) is 9.48 Å². The maximum Gasteiger partial charge on any atom is 0.273 e. The Kier molecular flexibility index (Phi) is 5.25. The number of carbonyl (C=O) groups is 1. The summed E-state index contributed by atoms with van der Waals surface area (Å²) in [4.78, 5) is 23.1. The molecule has 2 aromatic heterocycles. The maximum atomic E-state index is 13.4. The molecule has 0 saturated carbocycles. The molecule has 0 saturated heterocycles. The number of nitrogens with zero attached hydrogens (tertiary/aromatic N) is 4. The van der Waals surface area contributed by atoms with Gasteiger partial charge in [0, 0.05) is 18.7 Å². The normalized spacial score (nSPS) is 13.7. The molecule has 0 spiro atoms. The van der Waals surface area contributed by atoms with E-state index >= 15 is 0 Å². The van der Waals surface area contributed by atoms with Crippen LogP contribution in [0.25, 0.3) is 22.2 Å². The van der Waals surface area contributed by atoms with Gasteiger partial charge in [-0.05, 0) is 72.1 Å². The van der Waals surface area contributed by atoms with Gasteiger partial charge in [-0.25, -0.2) is 4.98 Å². The Morgan fingerprint density at radius 1 is 1.19 bits per heavy atom. The zero-order valence-electron chi connectivity index (χ0n) is 18.3. The molecule has 8 heteroatoms. The fourth-order valence-corrected chi connectivity index (χ4v) is 4.66. The SMILES string of the molecule is CCn1nc(C)c(Br)c1C(=O)N1CCOc2ccc(-c3ccc4nc(C)[nH]c4c3)cc2C1. The van der Waals surface area contributed by atoms with E-state index in [1.807, 2.05) is 37.8 Å². The standard InChI is InChI=1S/C24H24BrN5O2/c1-4-30-23(22(25)14(2)28-30)24(31)29-9-10-32-21-8-6-16(11-18(21)13-29)17-5-7-19-20(12-17)27-15(3)26-19/h5-8,11-12H,4,9-10,13H2,1-3H3,(H,26,27). The topological polar surface area (TPSA) is 76.0 Å². The molecule has 1 N–H and O–H groups in total. The number of aromatic nitrogens is 4. The Labute approximate surface area is 194 Å². The van der Waals surface area contributed by atoms with Crippen molar-refractivity contribution < 1.29 is 9.53 Å². The number of ether oxygens (including phenoxy) is 1. The molecule has 0 unspecified atom stereocenters. The van der Waals surface area contributed by atoms with Gasteiger partial charge in [-0.1, -0.05) is 12.1 Å². The number of rotatable bonds is 3. The first-order valence-electron chi connectivity index (χ1n) is 10.7. The van der Waals surface area contributed by atoms with Crippen LogP contribution in [0.1, 0.15) is 34.5 Å². The second-order valence-electron chi connectivity index (χ2n) is 8.02. The average Bonchev–Trinajstić information content (AvgIpc) is 3.20. The number of aryl methyl sites for hydroxylation is 3. The van der Waals surface area contributed by atoms with Gasteiger partial charge in [0.1, 0.15) is 23.9 Å². The summed E-state index contributed by atoms with van der Waals surface area (Å²) in [6.07, 6.45) is 0. The van der Waals surface area contributed by atoms with E-state index in [1.165, 1.54) is 0 Å². The summed E-state index contributed by atoms with van der Waals surface area (Å²) in [7, 11) is 0. The van der Waals surface area contributed by atoms with Crippen LogP contribution in [-0.2, 0) is 13.1 Å². The van der Waals surface area contributed by atoms with E-state index in [2.05, 4.69) is 55.3 Å². The summed E-state index contributed by atoms with van der Waals surface area (Å²) >= 11 is 3.55. The highest BCUT2D eigenvalue weighted by atomic mass is 79.9. The van der Waals surface area contributed by atoms with Crippen molar-refractivity contribution >= 4 is 32.9 Å². The first-order valence-corrected chi connectivity index (χ1v) is 11.5. The second kappa shape index (κ2) is 8.09. The van der Waals surface area contributed by atoms with Crippen LogP contribution in [-0.4, -0.2) is 43.7 Å². The third-order valence-electron chi connectivity index (χ3n) is 5.82. The number of hydrogen-bond acceptors (Lipinski definition) is 4. The van der Waals surface area contributed by atoms with Crippen molar-refractivity contribution in [3.05, 3.63) is 63.6 Å². The smallest absolute Gasteiger partial charge is 0.273 e. The summed E-state index contributed by atoms with van der Waals surface area (Å²) in [5, 5.41) is 4.48. The predicted molar refractivity (Wildman–Crippen MR) is 127 cm³/mol. The van der Waals surface area contributed by atoms with Gasteiger partial charge in [0.05, 0.1) is 27.7 Å². The number of halogens is 1. The van der Waals surface area contributed by atoms with Crippen LogP contribution in [0.15, 0.2) is 40.9 Å². The van der Waals surface area contributed by atoms with Gasteiger partial charge >= 0.3 is 0 Å². The number of H-pyrrole nitrogens is 1. The molecule has 0 radical (unpaired) electrons. The van der Waals surface area contributed by atoms with Crippen LogP contribution in [0, 0.1) is 13.8 Å². The molecular weight excluding hydrogens is 470 g/mol. The van der Waals surface area contributed by atoms with Crippen molar-refractivity contribution in [1.29, 1.82) is 0 Å². The molecule has 0 fully saturated rings. The lowest BCUT2D eigenvalue weighted by Crippen LogP contribution is -2.34. The molecule has 1 aliphatic heterocycles. The lowest BCUT2D eigenvalue weighted by atomic mass is 10.0. The van der Waals surface area contributed by atoms with Crippen molar-refractivity contribution in [3.8, 4) is 16.9 Å². The van der Waals surface area contributed by atoms with Gasteiger partial charge in [0.25, 0.3) is 5.91 Å². The van der Waals surface area contributed by atoms with Gasteiger partial charge < -0.3 is 14.6 Å². The molecule has 0 aliphatic carbocycles. The maximum absolute atomic E-state index is 13.4. The van der Waals surface area contributed by atoms with Crippen molar-refractivity contribution in [3.63, 3.8) is 0 Å². The third-order valence-corrected chi connectivity index (χ3v) is 6.77. The molecule has 7 nitrogen and oxygen atoms in total. The molecule has 32 heavy (non-hydrogen) atoms. The van der Waals surface area contributed by atoms with E-state index in [1.54, 1.807) is 4.68 Å². The van der Waals surface area contributed by atoms with Gasteiger partial charge in [-0.15, -0.1) is 0 Å². The van der Waals surface area contributed by atoms with Crippen LogP contribution < -0.4 is 4.74 Å². The largest absolute Gasteiger partial charge is 0.491 e. The molecule has 1 aliphatic rings. The second-order valence-corrected chi connectivity index (χ2v) is 8.81. The average molecular weight is 494 g/mol. The molecule has 4 aromatic rings. The molecule has 5 rings (SSSR count). The van der Waals surface area contributed by atoms with E-state index in [0.717, 1.165) is 49.5 Å². The quantitative estimate of drug-likeness (QED) is 0.442. The number of fused-ring (bicyclic) bond motifs is 2. The zero-order chi connectivity index (χ0) is 22.4. The number of amides is 1. The Hall–Kier alpha value is -3.13. The summed E-state index contributed by atoms with van der Waals surface area (Å²) in [5.41, 5.74) is 6.52. The first-order chi connectivity index (χ1) is 15.4. The Morgan fingerprint density at radius 3 is 2.78 bits per heavy atom.